The molecule has 0 amide bonds. The lowest BCUT2D eigenvalue weighted by Gasteiger charge is -2.05. The largest absolute Gasteiger partial charge is 0.382 e. The van der Waals surface area contributed by atoms with Gasteiger partial charge in [0, 0.05) is 6.54 Å². The molecule has 0 bridgehead atoms. The van der Waals surface area contributed by atoms with Crippen LogP contribution in [0.4, 0.5) is 10.1 Å². The van der Waals surface area contributed by atoms with Gasteiger partial charge in [-0.3, -0.25) is 0 Å². The highest BCUT2D eigenvalue weighted by Crippen LogP contribution is 2.14. The smallest absolute Gasteiger partial charge is 0.146 e. The van der Waals surface area contributed by atoms with E-state index in [0.29, 0.717) is 18.7 Å². The minimum Gasteiger partial charge on any atom is -0.382 e. The predicted octanol–water partition coefficient (Wildman–Crippen LogP) is 2.46. The maximum Gasteiger partial charge on any atom is 0.146 e. The minimum atomic E-state index is -0.266. The van der Waals surface area contributed by atoms with Gasteiger partial charge in [-0.25, -0.2) is 4.39 Å². The molecule has 0 aromatic heterocycles. The number of rotatable bonds is 3. The fraction of sp³-hybridized carbons (Fsp3) is 0.300. The SMILES string of the molecule is Cc1ccc(NCCC#N)c(F)c1. The zero-order chi connectivity index (χ0) is 9.68. The fourth-order valence-corrected chi connectivity index (χ4v) is 1.02. The standard InChI is InChI=1S/C10H11FN2/c1-8-3-4-10(9(11)7-8)13-6-2-5-12/h3-4,7,13H,2,6H2,1H3. The molecule has 13 heavy (non-hydrogen) atoms. The maximum absolute atomic E-state index is 13.1. The Kier molecular flexibility index (Phi) is 3.27. The van der Waals surface area contributed by atoms with E-state index in [-0.39, 0.29) is 5.82 Å². The second kappa shape index (κ2) is 4.46. The minimum absolute atomic E-state index is 0.266. The first-order valence-electron chi connectivity index (χ1n) is 4.11. The molecular weight excluding hydrogens is 167 g/mol. The van der Waals surface area contributed by atoms with Gasteiger partial charge in [0.15, 0.2) is 0 Å². The summed E-state index contributed by atoms with van der Waals surface area (Å²) < 4.78 is 13.1. The lowest BCUT2D eigenvalue weighted by Crippen LogP contribution is -2.02. The van der Waals surface area contributed by atoms with Crippen LogP contribution in [0.15, 0.2) is 18.2 Å². The molecule has 0 atom stereocenters. The normalized spacial score (nSPS) is 9.31. The van der Waals surface area contributed by atoms with Crippen LogP contribution in [0, 0.1) is 24.1 Å². The van der Waals surface area contributed by atoms with Crippen LogP contribution in [-0.4, -0.2) is 6.54 Å². The Bertz CT molecular complexity index is 328. The van der Waals surface area contributed by atoms with Crippen molar-refractivity contribution in [2.24, 2.45) is 0 Å². The number of hydrogen-bond acceptors (Lipinski definition) is 2. The topological polar surface area (TPSA) is 35.8 Å². The van der Waals surface area contributed by atoms with E-state index in [1.807, 2.05) is 19.1 Å². The lowest BCUT2D eigenvalue weighted by atomic mass is 10.2. The van der Waals surface area contributed by atoms with Crippen molar-refractivity contribution in [2.75, 3.05) is 11.9 Å². The molecule has 1 N–H and O–H groups in total. The molecule has 0 aliphatic carbocycles. The van der Waals surface area contributed by atoms with Gasteiger partial charge in [0.05, 0.1) is 18.2 Å². The summed E-state index contributed by atoms with van der Waals surface area (Å²) in [5.74, 6) is -0.266. The highest BCUT2D eigenvalue weighted by atomic mass is 19.1. The number of nitrogens with one attached hydrogen (secondary N) is 1. The van der Waals surface area contributed by atoms with Crippen molar-refractivity contribution in [2.45, 2.75) is 13.3 Å². The molecule has 1 aromatic rings. The van der Waals surface area contributed by atoms with E-state index in [9.17, 15) is 4.39 Å². The van der Waals surface area contributed by atoms with Crippen molar-refractivity contribution in [3.05, 3.63) is 29.6 Å². The molecule has 0 fully saturated rings. The van der Waals surface area contributed by atoms with Crippen molar-refractivity contribution >= 4 is 5.69 Å². The average Bonchev–Trinajstić information content (AvgIpc) is 2.09. The van der Waals surface area contributed by atoms with E-state index in [4.69, 9.17) is 5.26 Å². The van der Waals surface area contributed by atoms with Gasteiger partial charge in [-0.2, -0.15) is 5.26 Å². The molecule has 0 saturated carbocycles. The van der Waals surface area contributed by atoms with E-state index in [2.05, 4.69) is 5.32 Å². The first-order chi connectivity index (χ1) is 6.24. The van der Waals surface area contributed by atoms with Gasteiger partial charge in [-0.1, -0.05) is 6.07 Å². The summed E-state index contributed by atoms with van der Waals surface area (Å²) in [5.41, 5.74) is 1.35. The van der Waals surface area contributed by atoms with Crippen LogP contribution in [0.1, 0.15) is 12.0 Å². The third-order valence-corrected chi connectivity index (χ3v) is 1.68. The Morgan fingerprint density at radius 3 is 2.92 bits per heavy atom. The Labute approximate surface area is 77.0 Å². The van der Waals surface area contributed by atoms with Gasteiger partial charge in [0.2, 0.25) is 0 Å². The Morgan fingerprint density at radius 1 is 1.54 bits per heavy atom. The number of nitrogens with zero attached hydrogens (tertiary/aromatic N) is 1. The van der Waals surface area contributed by atoms with Crippen LogP contribution in [0.3, 0.4) is 0 Å². The third-order valence-electron chi connectivity index (χ3n) is 1.68. The van der Waals surface area contributed by atoms with Crippen molar-refractivity contribution in [1.29, 1.82) is 5.26 Å². The summed E-state index contributed by atoms with van der Waals surface area (Å²) in [5, 5.41) is 11.1. The van der Waals surface area contributed by atoms with E-state index in [1.165, 1.54) is 6.07 Å². The van der Waals surface area contributed by atoms with Crippen LogP contribution in [0.5, 0.6) is 0 Å². The van der Waals surface area contributed by atoms with Crippen molar-refractivity contribution in [3.63, 3.8) is 0 Å². The van der Waals surface area contributed by atoms with Crippen molar-refractivity contribution in [3.8, 4) is 6.07 Å². The van der Waals surface area contributed by atoms with Gasteiger partial charge in [0.25, 0.3) is 0 Å². The summed E-state index contributed by atoms with van der Waals surface area (Å²) in [6.45, 7) is 2.32. The second-order valence-electron chi connectivity index (χ2n) is 2.82. The summed E-state index contributed by atoms with van der Waals surface area (Å²) >= 11 is 0. The predicted molar refractivity (Wildman–Crippen MR) is 49.9 cm³/mol. The van der Waals surface area contributed by atoms with Crippen LogP contribution in [0.2, 0.25) is 0 Å². The van der Waals surface area contributed by atoms with Crippen LogP contribution < -0.4 is 5.32 Å². The molecular formula is C10H11FN2. The third kappa shape index (κ3) is 2.75. The van der Waals surface area contributed by atoms with Gasteiger partial charge in [-0.15, -0.1) is 0 Å². The molecule has 0 radical (unpaired) electrons. The molecule has 0 saturated heterocycles. The number of anilines is 1. The van der Waals surface area contributed by atoms with E-state index >= 15 is 0 Å². The van der Waals surface area contributed by atoms with Crippen molar-refractivity contribution < 1.29 is 4.39 Å². The summed E-state index contributed by atoms with van der Waals surface area (Å²) in [6.07, 6.45) is 0.382. The number of aryl methyl sites for hydroxylation is 1. The average molecular weight is 178 g/mol. The highest BCUT2D eigenvalue weighted by Gasteiger charge is 1.99. The molecule has 1 aromatic carbocycles. The summed E-state index contributed by atoms with van der Waals surface area (Å²) in [6, 6.07) is 6.96. The fourth-order valence-electron chi connectivity index (χ4n) is 1.02. The molecule has 2 nitrogen and oxygen atoms in total. The number of halogens is 1. The first kappa shape index (κ1) is 9.53. The lowest BCUT2D eigenvalue weighted by molar-refractivity contribution is 0.629. The molecule has 0 heterocycles. The van der Waals surface area contributed by atoms with E-state index < -0.39 is 0 Å². The number of hydrogen-bond donors (Lipinski definition) is 1. The Morgan fingerprint density at radius 2 is 2.31 bits per heavy atom. The van der Waals surface area contributed by atoms with Gasteiger partial charge >= 0.3 is 0 Å². The zero-order valence-electron chi connectivity index (χ0n) is 7.47. The molecule has 68 valence electrons. The molecule has 0 unspecified atom stereocenters. The van der Waals surface area contributed by atoms with E-state index in [1.54, 1.807) is 6.07 Å². The van der Waals surface area contributed by atoms with Crippen LogP contribution >= 0.6 is 0 Å². The van der Waals surface area contributed by atoms with Crippen molar-refractivity contribution in [1.82, 2.24) is 0 Å². The van der Waals surface area contributed by atoms with Crippen LogP contribution in [0.25, 0.3) is 0 Å². The quantitative estimate of drug-likeness (QED) is 0.721. The van der Waals surface area contributed by atoms with E-state index in [0.717, 1.165) is 5.56 Å². The number of benzene rings is 1. The Balaban J connectivity index is 2.62. The molecule has 0 aliphatic rings. The first-order valence-corrected chi connectivity index (χ1v) is 4.11. The highest BCUT2D eigenvalue weighted by molar-refractivity contribution is 5.46. The number of nitriles is 1. The second-order valence-corrected chi connectivity index (χ2v) is 2.82. The monoisotopic (exact) mass is 178 g/mol. The zero-order valence-corrected chi connectivity index (χ0v) is 7.47. The molecule has 3 heteroatoms. The molecule has 0 spiro atoms. The summed E-state index contributed by atoms with van der Waals surface area (Å²) in [4.78, 5) is 0. The Hall–Kier alpha value is -1.56. The van der Waals surface area contributed by atoms with Gasteiger partial charge in [-0.05, 0) is 24.6 Å². The van der Waals surface area contributed by atoms with Crippen LogP contribution in [-0.2, 0) is 0 Å². The molecule has 1 rings (SSSR count). The van der Waals surface area contributed by atoms with Gasteiger partial charge < -0.3 is 5.32 Å². The van der Waals surface area contributed by atoms with Gasteiger partial charge in [0.1, 0.15) is 5.82 Å². The summed E-state index contributed by atoms with van der Waals surface area (Å²) in [7, 11) is 0. The molecule has 0 aliphatic heterocycles. The maximum atomic E-state index is 13.1.